The van der Waals surface area contributed by atoms with E-state index < -0.39 is 11.8 Å². The Morgan fingerprint density at radius 2 is 1.81 bits per heavy atom. The Labute approximate surface area is 187 Å². The summed E-state index contributed by atoms with van der Waals surface area (Å²) < 4.78 is 10.8. The Bertz CT molecular complexity index is 1050. The molecular formula is C25H27N3O4. The first-order valence-electron chi connectivity index (χ1n) is 10.7. The van der Waals surface area contributed by atoms with Gasteiger partial charge in [-0.3, -0.25) is 9.59 Å². The zero-order chi connectivity index (χ0) is 22.3. The average molecular weight is 434 g/mol. The molecule has 0 saturated heterocycles. The number of rotatable bonds is 8. The number of nitrogens with one attached hydrogen (secondary N) is 2. The van der Waals surface area contributed by atoms with Gasteiger partial charge in [0.25, 0.3) is 0 Å². The lowest BCUT2D eigenvalue weighted by Gasteiger charge is -2.29. The van der Waals surface area contributed by atoms with Crippen LogP contribution in [0.2, 0.25) is 0 Å². The standard InChI is InChI=1S/C25H27N3O4/c1-31-20-10-8-18(9-11-20)12-14-26-24(29)25(30)27-17-22(23-7-4-16-32-23)28-15-13-19-5-2-3-6-21(19)28/h2-11,16,22H,12-15,17H2,1H3,(H,26,29)(H,27,30). The first-order valence-corrected chi connectivity index (χ1v) is 10.7. The molecule has 0 saturated carbocycles. The molecule has 4 rings (SSSR count). The highest BCUT2D eigenvalue weighted by atomic mass is 16.5. The van der Waals surface area contributed by atoms with Crippen LogP contribution in [-0.2, 0) is 22.4 Å². The zero-order valence-electron chi connectivity index (χ0n) is 18.0. The van der Waals surface area contributed by atoms with Gasteiger partial charge in [-0.15, -0.1) is 0 Å². The first kappa shape index (κ1) is 21.5. The van der Waals surface area contributed by atoms with E-state index in [4.69, 9.17) is 9.15 Å². The fourth-order valence-electron chi connectivity index (χ4n) is 4.00. The third kappa shape index (κ3) is 4.94. The molecule has 1 aliphatic heterocycles. The van der Waals surface area contributed by atoms with Gasteiger partial charge in [-0.1, -0.05) is 30.3 Å². The molecule has 32 heavy (non-hydrogen) atoms. The predicted molar refractivity (Wildman–Crippen MR) is 122 cm³/mol. The molecule has 0 bridgehead atoms. The second kappa shape index (κ2) is 10.0. The van der Waals surface area contributed by atoms with Gasteiger partial charge < -0.3 is 24.7 Å². The van der Waals surface area contributed by atoms with Gasteiger partial charge in [0.05, 0.1) is 13.4 Å². The molecule has 0 spiro atoms. The molecule has 1 unspecified atom stereocenters. The van der Waals surface area contributed by atoms with Gasteiger partial charge >= 0.3 is 11.8 Å². The third-order valence-corrected chi connectivity index (χ3v) is 5.69. The number of fused-ring (bicyclic) bond motifs is 1. The van der Waals surface area contributed by atoms with Crippen molar-refractivity contribution in [3.63, 3.8) is 0 Å². The molecule has 3 aromatic rings. The number of methoxy groups -OCH3 is 1. The largest absolute Gasteiger partial charge is 0.497 e. The Balaban J connectivity index is 1.32. The number of hydrogen-bond donors (Lipinski definition) is 2. The number of hydrogen-bond acceptors (Lipinski definition) is 5. The van der Waals surface area contributed by atoms with E-state index >= 15 is 0 Å². The van der Waals surface area contributed by atoms with Crippen LogP contribution in [0.15, 0.2) is 71.3 Å². The van der Waals surface area contributed by atoms with Crippen LogP contribution in [-0.4, -0.2) is 38.6 Å². The summed E-state index contributed by atoms with van der Waals surface area (Å²) in [6, 6.07) is 19.4. The smallest absolute Gasteiger partial charge is 0.309 e. The van der Waals surface area contributed by atoms with Crippen LogP contribution in [0, 0.1) is 0 Å². The normalized spacial score (nSPS) is 13.3. The summed E-state index contributed by atoms with van der Waals surface area (Å²) in [6.45, 7) is 1.47. The topological polar surface area (TPSA) is 83.8 Å². The molecule has 2 amide bonds. The number of ether oxygens (including phenoxy) is 1. The van der Waals surface area contributed by atoms with Crippen molar-refractivity contribution < 1.29 is 18.7 Å². The monoisotopic (exact) mass is 433 g/mol. The van der Waals surface area contributed by atoms with Crippen molar-refractivity contribution in [1.82, 2.24) is 10.6 Å². The number of para-hydroxylation sites is 1. The maximum Gasteiger partial charge on any atom is 0.309 e. The second-order valence-electron chi connectivity index (χ2n) is 7.67. The molecule has 2 aromatic carbocycles. The minimum Gasteiger partial charge on any atom is -0.497 e. The zero-order valence-corrected chi connectivity index (χ0v) is 18.0. The number of carbonyl (C=O) groups is 2. The molecule has 0 radical (unpaired) electrons. The maximum absolute atomic E-state index is 12.4. The minimum atomic E-state index is -0.649. The van der Waals surface area contributed by atoms with Gasteiger partial charge in [0.2, 0.25) is 0 Å². The number of nitrogens with zero attached hydrogens (tertiary/aromatic N) is 1. The Morgan fingerprint density at radius 3 is 2.56 bits per heavy atom. The molecule has 0 fully saturated rings. The van der Waals surface area contributed by atoms with Crippen molar-refractivity contribution in [2.75, 3.05) is 31.6 Å². The minimum absolute atomic E-state index is 0.190. The number of anilines is 1. The maximum atomic E-state index is 12.4. The van der Waals surface area contributed by atoms with Crippen LogP contribution in [0.5, 0.6) is 5.75 Å². The quantitative estimate of drug-likeness (QED) is 0.534. The highest BCUT2D eigenvalue weighted by Gasteiger charge is 2.29. The van der Waals surface area contributed by atoms with Crippen molar-refractivity contribution in [1.29, 1.82) is 0 Å². The van der Waals surface area contributed by atoms with Crippen LogP contribution in [0.4, 0.5) is 5.69 Å². The molecule has 1 atom stereocenters. The molecule has 2 N–H and O–H groups in total. The number of benzene rings is 2. The average Bonchev–Trinajstić information content (AvgIpc) is 3.50. The highest BCUT2D eigenvalue weighted by molar-refractivity contribution is 6.35. The molecule has 7 nitrogen and oxygen atoms in total. The predicted octanol–water partition coefficient (Wildman–Crippen LogP) is 2.87. The van der Waals surface area contributed by atoms with Crippen molar-refractivity contribution >= 4 is 17.5 Å². The van der Waals surface area contributed by atoms with Gasteiger partial charge in [-0.2, -0.15) is 0 Å². The van der Waals surface area contributed by atoms with Crippen LogP contribution in [0.1, 0.15) is 22.9 Å². The van der Waals surface area contributed by atoms with Crippen LogP contribution in [0.3, 0.4) is 0 Å². The number of carbonyl (C=O) groups excluding carboxylic acids is 2. The van der Waals surface area contributed by atoms with Gasteiger partial charge in [0.1, 0.15) is 17.6 Å². The Hall–Kier alpha value is -3.74. The molecule has 1 aromatic heterocycles. The van der Waals surface area contributed by atoms with Crippen LogP contribution in [0.25, 0.3) is 0 Å². The summed E-state index contributed by atoms with van der Waals surface area (Å²) in [4.78, 5) is 26.9. The summed E-state index contributed by atoms with van der Waals surface area (Å²) in [5, 5.41) is 5.46. The van der Waals surface area contributed by atoms with Gasteiger partial charge in [0.15, 0.2) is 0 Å². The lowest BCUT2D eigenvalue weighted by molar-refractivity contribution is -0.139. The Morgan fingerprint density at radius 1 is 1.03 bits per heavy atom. The van der Waals surface area contributed by atoms with Gasteiger partial charge in [-0.05, 0) is 54.3 Å². The fraction of sp³-hybridized carbons (Fsp3) is 0.280. The molecule has 1 aliphatic rings. The highest BCUT2D eigenvalue weighted by Crippen LogP contribution is 2.34. The molecule has 2 heterocycles. The van der Waals surface area contributed by atoms with E-state index in [1.54, 1.807) is 13.4 Å². The lowest BCUT2D eigenvalue weighted by Crippen LogP contribution is -2.44. The van der Waals surface area contributed by atoms with Crippen LogP contribution >= 0.6 is 0 Å². The van der Waals surface area contributed by atoms with Gasteiger partial charge in [0, 0.05) is 25.3 Å². The van der Waals surface area contributed by atoms with E-state index in [-0.39, 0.29) is 12.6 Å². The van der Waals surface area contributed by atoms with E-state index in [1.165, 1.54) is 5.56 Å². The second-order valence-corrected chi connectivity index (χ2v) is 7.67. The summed E-state index contributed by atoms with van der Waals surface area (Å²) in [5.41, 5.74) is 3.45. The third-order valence-electron chi connectivity index (χ3n) is 5.69. The SMILES string of the molecule is COc1ccc(CCNC(=O)C(=O)NCC(c2ccco2)N2CCc3ccccc32)cc1. The van der Waals surface area contributed by atoms with E-state index in [0.717, 1.165) is 35.7 Å². The molecule has 166 valence electrons. The van der Waals surface area contributed by atoms with E-state index in [2.05, 4.69) is 27.7 Å². The summed E-state index contributed by atoms with van der Waals surface area (Å²) >= 11 is 0. The molecule has 0 aliphatic carbocycles. The van der Waals surface area contributed by atoms with Crippen LogP contribution < -0.4 is 20.3 Å². The first-order chi connectivity index (χ1) is 15.7. The summed E-state index contributed by atoms with van der Waals surface area (Å²) in [5.74, 6) is 0.244. The van der Waals surface area contributed by atoms with E-state index in [0.29, 0.717) is 13.0 Å². The number of furan rings is 1. The lowest BCUT2D eigenvalue weighted by atomic mass is 10.1. The van der Waals surface area contributed by atoms with Crippen molar-refractivity contribution in [2.24, 2.45) is 0 Å². The summed E-state index contributed by atoms with van der Waals surface area (Å²) in [6.07, 6.45) is 3.19. The van der Waals surface area contributed by atoms with Gasteiger partial charge in [-0.25, -0.2) is 0 Å². The van der Waals surface area contributed by atoms with Crippen molar-refractivity contribution in [3.8, 4) is 5.75 Å². The van der Waals surface area contributed by atoms with Crippen molar-refractivity contribution in [3.05, 3.63) is 83.8 Å². The Kier molecular flexibility index (Phi) is 6.75. The number of amides is 2. The fourth-order valence-corrected chi connectivity index (χ4v) is 4.00. The van der Waals surface area contributed by atoms with E-state index in [1.807, 2.05) is 48.5 Å². The molecular weight excluding hydrogens is 406 g/mol. The molecule has 7 heteroatoms. The van der Waals surface area contributed by atoms with E-state index in [9.17, 15) is 9.59 Å². The summed E-state index contributed by atoms with van der Waals surface area (Å²) in [7, 11) is 1.62. The van der Waals surface area contributed by atoms with Crippen molar-refractivity contribution in [2.45, 2.75) is 18.9 Å².